The van der Waals surface area contributed by atoms with Crippen LogP contribution >= 0.6 is 0 Å². The fourth-order valence-electron chi connectivity index (χ4n) is 4.24. The number of rotatable bonds is 6. The molecular weight excluding hydrogens is 399 g/mol. The van der Waals surface area contributed by atoms with Crippen LogP contribution in [0.2, 0.25) is 0 Å². The molecule has 0 unspecified atom stereocenters. The third kappa shape index (κ3) is 4.11. The molecule has 1 atom stereocenters. The van der Waals surface area contributed by atoms with Crippen LogP contribution in [-0.4, -0.2) is 69.5 Å². The minimum absolute atomic E-state index is 0.149. The molecule has 0 N–H and O–H groups in total. The van der Waals surface area contributed by atoms with Gasteiger partial charge in [-0.1, -0.05) is 25.1 Å². The number of likely N-dealkylation sites (N-methyl/N-ethyl adjacent to an activating group) is 1. The monoisotopic (exact) mass is 424 g/mol. The molecule has 1 fully saturated rings. The molecule has 9 heteroatoms. The summed E-state index contributed by atoms with van der Waals surface area (Å²) < 4.78 is 26.3. The van der Waals surface area contributed by atoms with Gasteiger partial charge in [-0.15, -0.1) is 5.10 Å². The summed E-state index contributed by atoms with van der Waals surface area (Å²) >= 11 is 0. The van der Waals surface area contributed by atoms with Crippen LogP contribution in [-0.2, 0) is 6.54 Å². The Morgan fingerprint density at radius 1 is 1.00 bits per heavy atom. The fourth-order valence-corrected chi connectivity index (χ4v) is 4.24. The highest BCUT2D eigenvalue weighted by atomic mass is 19.1. The lowest BCUT2D eigenvalue weighted by Crippen LogP contribution is -2.48. The van der Waals surface area contributed by atoms with Crippen molar-refractivity contribution in [3.63, 3.8) is 0 Å². The Hall–Kier alpha value is -3.04. The highest BCUT2D eigenvalue weighted by Gasteiger charge is 2.30. The van der Waals surface area contributed by atoms with Gasteiger partial charge in [0.2, 0.25) is 6.79 Å². The molecule has 2 aliphatic rings. The summed E-state index contributed by atoms with van der Waals surface area (Å²) in [5, 5.41) is 12.6. The zero-order chi connectivity index (χ0) is 21.2. The molecule has 3 heterocycles. The fraction of sp³-hybridized carbons (Fsp3) is 0.409. The van der Waals surface area contributed by atoms with Crippen LogP contribution in [0.4, 0.5) is 4.39 Å². The largest absolute Gasteiger partial charge is 0.454 e. The van der Waals surface area contributed by atoms with Crippen molar-refractivity contribution < 1.29 is 13.9 Å². The van der Waals surface area contributed by atoms with E-state index in [0.717, 1.165) is 61.2 Å². The van der Waals surface area contributed by atoms with Crippen molar-refractivity contribution in [2.45, 2.75) is 19.5 Å². The summed E-state index contributed by atoms with van der Waals surface area (Å²) in [5.74, 6) is 1.98. The average Bonchev–Trinajstić information content (AvgIpc) is 3.45. The van der Waals surface area contributed by atoms with E-state index in [4.69, 9.17) is 9.47 Å². The standard InChI is InChI=1S/C22H25FN6O2/c1-2-27-9-11-28(12-10-27)21(17-4-6-18(23)7-5-17)22-24-25-26-29(22)14-16-3-8-19-20(13-16)31-15-30-19/h3-8,13,21H,2,9-12,14-15H2,1H3/t21-/m1/s1. The summed E-state index contributed by atoms with van der Waals surface area (Å²) in [6, 6.07) is 12.4. The number of hydrogen-bond acceptors (Lipinski definition) is 7. The summed E-state index contributed by atoms with van der Waals surface area (Å²) in [6.07, 6.45) is 0. The van der Waals surface area contributed by atoms with Crippen molar-refractivity contribution in [1.82, 2.24) is 30.0 Å². The molecule has 1 aromatic heterocycles. The van der Waals surface area contributed by atoms with Crippen LogP contribution < -0.4 is 9.47 Å². The van der Waals surface area contributed by atoms with Crippen LogP contribution in [0.25, 0.3) is 0 Å². The summed E-state index contributed by atoms with van der Waals surface area (Å²) in [7, 11) is 0. The number of ether oxygens (including phenoxy) is 2. The van der Waals surface area contributed by atoms with Gasteiger partial charge in [0.15, 0.2) is 17.3 Å². The predicted octanol–water partition coefficient (Wildman–Crippen LogP) is 2.32. The van der Waals surface area contributed by atoms with Crippen LogP contribution in [0.5, 0.6) is 11.5 Å². The van der Waals surface area contributed by atoms with E-state index in [1.807, 2.05) is 35.0 Å². The molecule has 0 spiro atoms. The summed E-state index contributed by atoms with van der Waals surface area (Å²) in [4.78, 5) is 4.80. The second-order valence-corrected chi connectivity index (χ2v) is 7.81. The molecule has 0 bridgehead atoms. The molecule has 3 aromatic rings. The van der Waals surface area contributed by atoms with E-state index in [9.17, 15) is 4.39 Å². The maximum absolute atomic E-state index is 13.6. The summed E-state index contributed by atoms with van der Waals surface area (Å²) in [6.45, 7) is 7.72. The number of aromatic nitrogens is 4. The van der Waals surface area contributed by atoms with Crippen molar-refractivity contribution in [2.24, 2.45) is 0 Å². The topological polar surface area (TPSA) is 68.5 Å². The second kappa shape index (κ2) is 8.60. The zero-order valence-electron chi connectivity index (χ0n) is 17.4. The zero-order valence-corrected chi connectivity index (χ0v) is 17.4. The van der Waals surface area contributed by atoms with Gasteiger partial charge in [0.1, 0.15) is 5.82 Å². The van der Waals surface area contributed by atoms with Gasteiger partial charge in [-0.25, -0.2) is 9.07 Å². The smallest absolute Gasteiger partial charge is 0.231 e. The molecule has 0 aliphatic carbocycles. The molecule has 0 radical (unpaired) electrons. The molecule has 2 aromatic carbocycles. The van der Waals surface area contributed by atoms with Crippen molar-refractivity contribution >= 4 is 0 Å². The van der Waals surface area contributed by atoms with Gasteiger partial charge in [-0.2, -0.15) is 0 Å². The SMILES string of the molecule is CCN1CCN([C@H](c2ccc(F)cc2)c2nnnn2Cc2ccc3c(c2)OCO3)CC1. The molecule has 0 amide bonds. The average molecular weight is 424 g/mol. The van der Waals surface area contributed by atoms with E-state index in [-0.39, 0.29) is 18.7 Å². The Kier molecular flexibility index (Phi) is 5.52. The van der Waals surface area contributed by atoms with Crippen LogP contribution in [0.1, 0.15) is 29.9 Å². The molecule has 31 heavy (non-hydrogen) atoms. The van der Waals surface area contributed by atoms with E-state index in [1.54, 1.807) is 0 Å². The number of tetrazole rings is 1. The molecule has 0 saturated carbocycles. The molecule has 2 aliphatic heterocycles. The number of nitrogens with zero attached hydrogens (tertiary/aromatic N) is 6. The van der Waals surface area contributed by atoms with Gasteiger partial charge < -0.3 is 14.4 Å². The quantitative estimate of drug-likeness (QED) is 0.602. The lowest BCUT2D eigenvalue weighted by atomic mass is 10.0. The Balaban J connectivity index is 1.46. The van der Waals surface area contributed by atoms with Gasteiger partial charge >= 0.3 is 0 Å². The van der Waals surface area contributed by atoms with Crippen LogP contribution in [0.15, 0.2) is 42.5 Å². The number of benzene rings is 2. The Labute approximate surface area is 180 Å². The van der Waals surface area contributed by atoms with Gasteiger partial charge in [-0.3, -0.25) is 4.90 Å². The molecule has 5 rings (SSSR count). The van der Waals surface area contributed by atoms with Gasteiger partial charge in [0, 0.05) is 26.2 Å². The minimum atomic E-state index is -0.252. The first-order valence-electron chi connectivity index (χ1n) is 10.6. The third-order valence-corrected chi connectivity index (χ3v) is 5.98. The molecule has 8 nitrogen and oxygen atoms in total. The highest BCUT2D eigenvalue weighted by molar-refractivity contribution is 5.44. The van der Waals surface area contributed by atoms with Crippen molar-refractivity contribution in [3.8, 4) is 11.5 Å². The van der Waals surface area contributed by atoms with Gasteiger partial charge in [0.05, 0.1) is 12.6 Å². The highest BCUT2D eigenvalue weighted by Crippen LogP contribution is 2.33. The Morgan fingerprint density at radius 3 is 2.55 bits per heavy atom. The maximum Gasteiger partial charge on any atom is 0.231 e. The third-order valence-electron chi connectivity index (χ3n) is 5.98. The first kappa shape index (κ1) is 19.9. The van der Waals surface area contributed by atoms with E-state index in [2.05, 4.69) is 32.2 Å². The first-order valence-corrected chi connectivity index (χ1v) is 10.6. The van der Waals surface area contributed by atoms with Crippen LogP contribution in [0.3, 0.4) is 0 Å². The summed E-state index contributed by atoms with van der Waals surface area (Å²) in [5.41, 5.74) is 2.00. The van der Waals surface area contributed by atoms with E-state index < -0.39 is 0 Å². The number of halogens is 1. The van der Waals surface area contributed by atoms with E-state index in [0.29, 0.717) is 6.54 Å². The second-order valence-electron chi connectivity index (χ2n) is 7.81. The van der Waals surface area contributed by atoms with Crippen molar-refractivity contribution in [1.29, 1.82) is 0 Å². The van der Waals surface area contributed by atoms with Gasteiger partial charge in [0.25, 0.3) is 0 Å². The normalized spacial score (nSPS) is 17.7. The minimum Gasteiger partial charge on any atom is -0.454 e. The number of piperazine rings is 1. The molecule has 162 valence electrons. The van der Waals surface area contributed by atoms with Gasteiger partial charge in [-0.05, 0) is 52.4 Å². The number of fused-ring (bicyclic) bond motifs is 1. The Bertz CT molecular complexity index is 1030. The lowest BCUT2D eigenvalue weighted by Gasteiger charge is -2.38. The van der Waals surface area contributed by atoms with Crippen LogP contribution in [0, 0.1) is 5.82 Å². The Morgan fingerprint density at radius 2 is 1.77 bits per heavy atom. The lowest BCUT2D eigenvalue weighted by molar-refractivity contribution is 0.108. The van der Waals surface area contributed by atoms with Crippen molar-refractivity contribution in [2.75, 3.05) is 39.5 Å². The molecular formula is C22H25FN6O2. The maximum atomic E-state index is 13.6. The first-order chi connectivity index (χ1) is 15.2. The predicted molar refractivity (Wildman–Crippen MR) is 111 cm³/mol. The van der Waals surface area contributed by atoms with E-state index >= 15 is 0 Å². The number of hydrogen-bond donors (Lipinski definition) is 0. The van der Waals surface area contributed by atoms with Crippen molar-refractivity contribution in [3.05, 3.63) is 65.2 Å². The van der Waals surface area contributed by atoms with E-state index in [1.165, 1.54) is 12.1 Å². The molecule has 1 saturated heterocycles.